The van der Waals surface area contributed by atoms with E-state index in [1.807, 2.05) is 12.4 Å². The molecule has 0 saturated carbocycles. The molecule has 0 aliphatic heterocycles. The highest BCUT2D eigenvalue weighted by molar-refractivity contribution is 5.21. The van der Waals surface area contributed by atoms with Crippen molar-refractivity contribution in [3.05, 3.63) is 41.7 Å². The Kier molecular flexibility index (Phi) is 5.92. The normalized spacial score (nSPS) is 12.4. The fourth-order valence-electron chi connectivity index (χ4n) is 1.83. The van der Waals surface area contributed by atoms with Gasteiger partial charge in [-0.05, 0) is 43.9 Å². The van der Waals surface area contributed by atoms with E-state index in [0.717, 1.165) is 25.8 Å². The minimum atomic E-state index is 0.356. The molecule has 0 bridgehead atoms. The summed E-state index contributed by atoms with van der Waals surface area (Å²) in [5.41, 5.74) is 3.78. The molecular weight excluding hydrogens is 208 g/mol. The van der Waals surface area contributed by atoms with Gasteiger partial charge in [-0.3, -0.25) is 4.98 Å². The number of pyridine rings is 1. The monoisotopic (exact) mass is 232 g/mol. The minimum Gasteiger partial charge on any atom is -0.310 e. The molecular formula is C15H24N2. The van der Waals surface area contributed by atoms with Gasteiger partial charge in [0.25, 0.3) is 0 Å². The topological polar surface area (TPSA) is 24.9 Å². The average Bonchev–Trinajstić information content (AvgIpc) is 2.34. The first kappa shape index (κ1) is 13.9. The lowest BCUT2D eigenvalue weighted by molar-refractivity contribution is 0.522. The molecule has 2 nitrogen and oxygen atoms in total. The van der Waals surface area contributed by atoms with Gasteiger partial charge in [0.15, 0.2) is 0 Å². The molecule has 0 saturated heterocycles. The summed E-state index contributed by atoms with van der Waals surface area (Å²) in [6.45, 7) is 11.6. The number of aryl methyl sites for hydroxylation is 1. The molecule has 1 atom stereocenters. The lowest BCUT2D eigenvalue weighted by atomic mass is 9.99. The van der Waals surface area contributed by atoms with Crippen LogP contribution in [0.15, 0.2) is 30.6 Å². The summed E-state index contributed by atoms with van der Waals surface area (Å²) in [5.74, 6) is 0. The molecule has 2 heteroatoms. The lowest BCUT2D eigenvalue weighted by Gasteiger charge is -2.20. The van der Waals surface area contributed by atoms with Gasteiger partial charge in [0.1, 0.15) is 0 Å². The maximum absolute atomic E-state index is 4.28. The standard InChI is InChI=1S/C15H24N2/c1-5-7-17-15(9-12(3)6-2)14-8-13(4)10-16-11-14/h8,10-11,15,17H,3,5-7,9H2,1-2,4H3. The molecule has 0 fully saturated rings. The van der Waals surface area contributed by atoms with Gasteiger partial charge in [-0.25, -0.2) is 0 Å². The zero-order valence-corrected chi connectivity index (χ0v) is 11.3. The molecule has 1 N–H and O–H groups in total. The van der Waals surface area contributed by atoms with Crippen LogP contribution in [-0.2, 0) is 0 Å². The maximum Gasteiger partial charge on any atom is 0.0372 e. The molecule has 0 aliphatic rings. The van der Waals surface area contributed by atoms with E-state index in [9.17, 15) is 0 Å². The van der Waals surface area contributed by atoms with E-state index in [4.69, 9.17) is 0 Å². The number of aromatic nitrogens is 1. The molecule has 0 radical (unpaired) electrons. The fraction of sp³-hybridized carbons (Fsp3) is 0.533. The first-order chi connectivity index (χ1) is 8.17. The summed E-state index contributed by atoms with van der Waals surface area (Å²) in [4.78, 5) is 4.28. The van der Waals surface area contributed by atoms with E-state index >= 15 is 0 Å². The Labute approximate surface area is 105 Å². The number of nitrogens with zero attached hydrogens (tertiary/aromatic N) is 1. The van der Waals surface area contributed by atoms with Crippen molar-refractivity contribution in [1.29, 1.82) is 0 Å². The second-order valence-corrected chi connectivity index (χ2v) is 4.61. The Bertz CT molecular complexity index is 358. The predicted octanol–water partition coefficient (Wildman–Crippen LogP) is 3.79. The van der Waals surface area contributed by atoms with Crippen molar-refractivity contribution < 1.29 is 0 Å². The zero-order valence-electron chi connectivity index (χ0n) is 11.3. The van der Waals surface area contributed by atoms with Crippen molar-refractivity contribution in [1.82, 2.24) is 10.3 Å². The quantitative estimate of drug-likeness (QED) is 0.724. The van der Waals surface area contributed by atoms with Gasteiger partial charge in [-0.1, -0.05) is 32.1 Å². The van der Waals surface area contributed by atoms with E-state index in [0.29, 0.717) is 6.04 Å². The molecule has 0 amide bonds. The van der Waals surface area contributed by atoms with E-state index in [2.05, 4.69) is 43.7 Å². The second kappa shape index (κ2) is 7.23. The first-order valence-corrected chi connectivity index (χ1v) is 6.49. The Morgan fingerprint density at radius 1 is 1.41 bits per heavy atom. The van der Waals surface area contributed by atoms with Crippen molar-refractivity contribution in [2.45, 2.75) is 46.1 Å². The molecule has 1 aromatic rings. The van der Waals surface area contributed by atoms with Crippen molar-refractivity contribution in [3.8, 4) is 0 Å². The van der Waals surface area contributed by atoms with Crippen LogP contribution in [-0.4, -0.2) is 11.5 Å². The lowest BCUT2D eigenvalue weighted by Crippen LogP contribution is -2.22. The van der Waals surface area contributed by atoms with Gasteiger partial charge in [-0.15, -0.1) is 0 Å². The van der Waals surface area contributed by atoms with Crippen LogP contribution in [0.1, 0.15) is 50.3 Å². The Morgan fingerprint density at radius 3 is 2.76 bits per heavy atom. The second-order valence-electron chi connectivity index (χ2n) is 4.61. The molecule has 1 heterocycles. The summed E-state index contributed by atoms with van der Waals surface area (Å²) in [7, 11) is 0. The van der Waals surface area contributed by atoms with Crippen LogP contribution in [0.2, 0.25) is 0 Å². The zero-order chi connectivity index (χ0) is 12.7. The SMILES string of the molecule is C=C(CC)CC(NCCC)c1cncc(C)c1. The molecule has 1 unspecified atom stereocenters. The molecule has 1 aromatic heterocycles. The predicted molar refractivity (Wildman–Crippen MR) is 74.1 cm³/mol. The van der Waals surface area contributed by atoms with Crippen LogP contribution in [0.4, 0.5) is 0 Å². The van der Waals surface area contributed by atoms with Crippen molar-refractivity contribution >= 4 is 0 Å². The molecule has 94 valence electrons. The van der Waals surface area contributed by atoms with Crippen LogP contribution < -0.4 is 5.32 Å². The summed E-state index contributed by atoms with van der Waals surface area (Å²) in [6.07, 6.45) is 7.05. The number of rotatable bonds is 7. The van der Waals surface area contributed by atoms with Crippen LogP contribution in [0, 0.1) is 6.92 Å². The number of nitrogens with one attached hydrogen (secondary N) is 1. The maximum atomic E-state index is 4.28. The van der Waals surface area contributed by atoms with Crippen LogP contribution in [0.3, 0.4) is 0 Å². The Morgan fingerprint density at radius 2 is 2.18 bits per heavy atom. The van der Waals surface area contributed by atoms with E-state index in [1.165, 1.54) is 16.7 Å². The van der Waals surface area contributed by atoms with E-state index in [-0.39, 0.29) is 0 Å². The summed E-state index contributed by atoms with van der Waals surface area (Å²) < 4.78 is 0. The van der Waals surface area contributed by atoms with E-state index in [1.54, 1.807) is 0 Å². The van der Waals surface area contributed by atoms with Gasteiger partial charge in [-0.2, -0.15) is 0 Å². The van der Waals surface area contributed by atoms with Crippen LogP contribution in [0.5, 0.6) is 0 Å². The fourth-order valence-corrected chi connectivity index (χ4v) is 1.83. The summed E-state index contributed by atoms with van der Waals surface area (Å²) in [5, 5.41) is 3.58. The molecule has 0 aromatic carbocycles. The van der Waals surface area contributed by atoms with Gasteiger partial charge >= 0.3 is 0 Å². The van der Waals surface area contributed by atoms with Crippen molar-refractivity contribution in [2.75, 3.05) is 6.54 Å². The summed E-state index contributed by atoms with van der Waals surface area (Å²) in [6, 6.07) is 2.57. The average molecular weight is 232 g/mol. The third-order valence-corrected chi connectivity index (χ3v) is 2.93. The highest BCUT2D eigenvalue weighted by atomic mass is 14.9. The highest BCUT2D eigenvalue weighted by Gasteiger charge is 2.11. The molecule has 0 spiro atoms. The highest BCUT2D eigenvalue weighted by Crippen LogP contribution is 2.21. The molecule has 1 rings (SSSR count). The number of hydrogen-bond donors (Lipinski definition) is 1. The number of hydrogen-bond acceptors (Lipinski definition) is 2. The molecule has 0 aliphatic carbocycles. The smallest absolute Gasteiger partial charge is 0.0372 e. The van der Waals surface area contributed by atoms with Gasteiger partial charge in [0, 0.05) is 18.4 Å². The minimum absolute atomic E-state index is 0.356. The van der Waals surface area contributed by atoms with Crippen LogP contribution in [0.25, 0.3) is 0 Å². The van der Waals surface area contributed by atoms with Gasteiger partial charge < -0.3 is 5.32 Å². The largest absolute Gasteiger partial charge is 0.310 e. The summed E-state index contributed by atoms with van der Waals surface area (Å²) >= 11 is 0. The third-order valence-electron chi connectivity index (χ3n) is 2.93. The Hall–Kier alpha value is -1.15. The van der Waals surface area contributed by atoms with E-state index < -0.39 is 0 Å². The Balaban J connectivity index is 2.77. The first-order valence-electron chi connectivity index (χ1n) is 6.49. The third kappa shape index (κ3) is 4.70. The van der Waals surface area contributed by atoms with Gasteiger partial charge in [0.05, 0.1) is 0 Å². The molecule has 17 heavy (non-hydrogen) atoms. The van der Waals surface area contributed by atoms with Crippen LogP contribution >= 0.6 is 0 Å². The van der Waals surface area contributed by atoms with Crippen molar-refractivity contribution in [3.63, 3.8) is 0 Å². The van der Waals surface area contributed by atoms with Gasteiger partial charge in [0.2, 0.25) is 0 Å². The van der Waals surface area contributed by atoms with Crippen molar-refractivity contribution in [2.24, 2.45) is 0 Å².